The van der Waals surface area contributed by atoms with Crippen LogP contribution in [-0.4, -0.2) is 36.6 Å². The summed E-state index contributed by atoms with van der Waals surface area (Å²) in [6, 6.07) is 4.78. The molecule has 1 atom stereocenters. The molecule has 1 aromatic carbocycles. The summed E-state index contributed by atoms with van der Waals surface area (Å²) in [7, 11) is 1.27. The van der Waals surface area contributed by atoms with E-state index in [-0.39, 0.29) is 24.4 Å². The molecule has 1 amide bonds. The number of carboxylic acid groups (broad SMARTS) is 1. The predicted molar refractivity (Wildman–Crippen MR) is 70.6 cm³/mol. The van der Waals surface area contributed by atoms with Gasteiger partial charge in [-0.3, -0.25) is 9.59 Å². The number of amides is 1. The van der Waals surface area contributed by atoms with Crippen LogP contribution < -0.4 is 4.90 Å². The van der Waals surface area contributed by atoms with E-state index in [9.17, 15) is 19.5 Å². The van der Waals surface area contributed by atoms with Gasteiger partial charge in [0.25, 0.3) is 0 Å². The number of ether oxygens (including phenoxy) is 1. The molecule has 6 nitrogen and oxygen atoms in total. The molecule has 0 aromatic heterocycles. The Morgan fingerprint density at radius 3 is 2.70 bits per heavy atom. The fourth-order valence-corrected chi connectivity index (χ4v) is 2.31. The lowest BCUT2D eigenvalue weighted by Gasteiger charge is -2.19. The van der Waals surface area contributed by atoms with Crippen molar-refractivity contribution in [3.05, 3.63) is 29.3 Å². The van der Waals surface area contributed by atoms with Crippen molar-refractivity contribution in [2.45, 2.75) is 13.3 Å². The quantitative estimate of drug-likeness (QED) is 0.840. The largest absolute Gasteiger partial charge is 0.478 e. The number of nitrogens with zero attached hydrogens (tertiary/aromatic N) is 1. The molecule has 20 heavy (non-hydrogen) atoms. The molecular weight excluding hydrogens is 262 g/mol. The number of aryl methyl sites for hydroxylation is 1. The number of carboxylic acids is 1. The molecule has 1 saturated heterocycles. The van der Waals surface area contributed by atoms with Crippen molar-refractivity contribution in [2.24, 2.45) is 5.92 Å². The van der Waals surface area contributed by atoms with E-state index >= 15 is 0 Å². The predicted octanol–water partition coefficient (Wildman–Crippen LogP) is 1.22. The summed E-state index contributed by atoms with van der Waals surface area (Å²) in [4.78, 5) is 36.1. The minimum Gasteiger partial charge on any atom is -0.478 e. The molecule has 0 spiro atoms. The molecule has 1 aliphatic rings. The van der Waals surface area contributed by atoms with Gasteiger partial charge in [0.05, 0.1) is 24.3 Å². The number of aromatic carboxylic acids is 1. The van der Waals surface area contributed by atoms with Gasteiger partial charge in [-0.1, -0.05) is 6.07 Å². The zero-order chi connectivity index (χ0) is 14.9. The van der Waals surface area contributed by atoms with E-state index in [1.807, 2.05) is 6.92 Å². The fourth-order valence-electron chi connectivity index (χ4n) is 2.31. The van der Waals surface area contributed by atoms with Crippen molar-refractivity contribution in [1.29, 1.82) is 0 Å². The number of carbonyl (C=O) groups is 3. The lowest BCUT2D eigenvalue weighted by molar-refractivity contribution is -0.145. The maximum Gasteiger partial charge on any atom is 0.337 e. The van der Waals surface area contributed by atoms with Crippen LogP contribution in [0.5, 0.6) is 0 Å². The van der Waals surface area contributed by atoms with Crippen LogP contribution in [0.15, 0.2) is 18.2 Å². The van der Waals surface area contributed by atoms with Gasteiger partial charge in [0.15, 0.2) is 0 Å². The first-order valence-electron chi connectivity index (χ1n) is 6.16. The van der Waals surface area contributed by atoms with Crippen molar-refractivity contribution >= 4 is 23.5 Å². The van der Waals surface area contributed by atoms with Crippen LogP contribution in [0.2, 0.25) is 0 Å². The maximum absolute atomic E-state index is 12.0. The topological polar surface area (TPSA) is 83.9 Å². The number of rotatable bonds is 3. The first-order valence-corrected chi connectivity index (χ1v) is 6.16. The number of esters is 1. The average Bonchev–Trinajstić information content (AvgIpc) is 2.79. The molecule has 106 valence electrons. The Bertz CT molecular complexity index is 581. The van der Waals surface area contributed by atoms with Gasteiger partial charge in [-0.15, -0.1) is 0 Å². The summed E-state index contributed by atoms with van der Waals surface area (Å²) in [6.07, 6.45) is 0.0413. The van der Waals surface area contributed by atoms with Crippen molar-refractivity contribution in [2.75, 3.05) is 18.6 Å². The molecule has 1 aliphatic heterocycles. The Labute approximate surface area is 115 Å². The van der Waals surface area contributed by atoms with Gasteiger partial charge in [0.2, 0.25) is 5.91 Å². The molecule has 6 heteroatoms. The molecule has 0 aliphatic carbocycles. The summed E-state index contributed by atoms with van der Waals surface area (Å²) in [5.41, 5.74) is 1.22. The van der Waals surface area contributed by atoms with Gasteiger partial charge < -0.3 is 14.7 Å². The molecule has 1 aromatic rings. The minimum atomic E-state index is -1.10. The second-order valence-corrected chi connectivity index (χ2v) is 4.75. The smallest absolute Gasteiger partial charge is 0.337 e. The van der Waals surface area contributed by atoms with E-state index in [0.717, 1.165) is 5.56 Å². The molecule has 1 unspecified atom stereocenters. The van der Waals surface area contributed by atoms with Gasteiger partial charge >= 0.3 is 11.9 Å². The zero-order valence-electron chi connectivity index (χ0n) is 11.3. The van der Waals surface area contributed by atoms with E-state index < -0.39 is 17.9 Å². The lowest BCUT2D eigenvalue weighted by Crippen LogP contribution is -2.28. The van der Waals surface area contributed by atoms with Crippen LogP contribution in [0, 0.1) is 12.8 Å². The summed E-state index contributed by atoms with van der Waals surface area (Å²) >= 11 is 0. The molecule has 1 heterocycles. The summed E-state index contributed by atoms with van der Waals surface area (Å²) in [5, 5.41) is 9.19. The second-order valence-electron chi connectivity index (χ2n) is 4.75. The van der Waals surface area contributed by atoms with Gasteiger partial charge in [-0.05, 0) is 24.6 Å². The van der Waals surface area contributed by atoms with Gasteiger partial charge in [0.1, 0.15) is 0 Å². The Morgan fingerprint density at radius 1 is 1.40 bits per heavy atom. The molecular formula is C14H15NO5. The van der Waals surface area contributed by atoms with E-state index in [1.54, 1.807) is 12.1 Å². The van der Waals surface area contributed by atoms with Crippen molar-refractivity contribution < 1.29 is 24.2 Å². The van der Waals surface area contributed by atoms with Crippen LogP contribution in [0.3, 0.4) is 0 Å². The first-order chi connectivity index (χ1) is 9.43. The van der Waals surface area contributed by atoms with Crippen LogP contribution in [-0.2, 0) is 14.3 Å². The highest BCUT2D eigenvalue weighted by Crippen LogP contribution is 2.29. The molecule has 0 bridgehead atoms. The van der Waals surface area contributed by atoms with E-state index in [0.29, 0.717) is 5.69 Å². The minimum absolute atomic E-state index is 0.0413. The number of methoxy groups -OCH3 is 1. The van der Waals surface area contributed by atoms with Crippen LogP contribution >= 0.6 is 0 Å². The Kier molecular flexibility index (Phi) is 3.74. The van der Waals surface area contributed by atoms with E-state index in [4.69, 9.17) is 0 Å². The third kappa shape index (κ3) is 2.49. The highest BCUT2D eigenvalue weighted by molar-refractivity contribution is 6.05. The number of hydrogen-bond acceptors (Lipinski definition) is 4. The van der Waals surface area contributed by atoms with Gasteiger partial charge in [-0.25, -0.2) is 4.79 Å². The van der Waals surface area contributed by atoms with Crippen molar-refractivity contribution in [3.8, 4) is 0 Å². The third-order valence-electron chi connectivity index (χ3n) is 3.33. The normalized spacial score (nSPS) is 18.2. The Balaban J connectivity index is 2.37. The monoisotopic (exact) mass is 277 g/mol. The van der Waals surface area contributed by atoms with E-state index in [1.165, 1.54) is 18.1 Å². The first kappa shape index (κ1) is 14.0. The average molecular weight is 277 g/mol. The Hall–Kier alpha value is -2.37. The maximum atomic E-state index is 12.0. The van der Waals surface area contributed by atoms with E-state index in [2.05, 4.69) is 4.74 Å². The third-order valence-corrected chi connectivity index (χ3v) is 3.33. The van der Waals surface area contributed by atoms with Gasteiger partial charge in [0, 0.05) is 13.0 Å². The van der Waals surface area contributed by atoms with Crippen LogP contribution in [0.25, 0.3) is 0 Å². The van der Waals surface area contributed by atoms with Crippen molar-refractivity contribution in [1.82, 2.24) is 0 Å². The highest BCUT2D eigenvalue weighted by atomic mass is 16.5. The second kappa shape index (κ2) is 5.32. The molecule has 2 rings (SSSR count). The molecule has 0 saturated carbocycles. The number of anilines is 1. The summed E-state index contributed by atoms with van der Waals surface area (Å²) in [6.45, 7) is 1.96. The number of hydrogen-bond donors (Lipinski definition) is 1. The molecule has 1 fully saturated rings. The van der Waals surface area contributed by atoms with Crippen molar-refractivity contribution in [3.63, 3.8) is 0 Å². The fraction of sp³-hybridized carbons (Fsp3) is 0.357. The van der Waals surface area contributed by atoms with Crippen LogP contribution in [0.4, 0.5) is 5.69 Å². The van der Waals surface area contributed by atoms with Gasteiger partial charge in [-0.2, -0.15) is 0 Å². The number of benzene rings is 1. The zero-order valence-corrected chi connectivity index (χ0v) is 11.3. The summed E-state index contributed by atoms with van der Waals surface area (Å²) < 4.78 is 4.63. The standard InChI is InChI=1S/C14H15NO5/c1-8-3-4-10(13(17)18)11(5-8)15-7-9(6-12(15)16)14(19)20-2/h3-5,9H,6-7H2,1-2H3,(H,17,18). The number of carbonyl (C=O) groups excluding carboxylic acids is 2. The SMILES string of the molecule is COC(=O)C1CC(=O)N(c2cc(C)ccc2C(=O)O)C1. The Morgan fingerprint density at radius 2 is 2.10 bits per heavy atom. The lowest BCUT2D eigenvalue weighted by atomic mass is 10.1. The molecule has 1 N–H and O–H groups in total. The highest BCUT2D eigenvalue weighted by Gasteiger charge is 2.37. The molecule has 0 radical (unpaired) electrons. The van der Waals surface area contributed by atoms with Crippen LogP contribution in [0.1, 0.15) is 22.3 Å². The summed E-state index contributed by atoms with van der Waals surface area (Å²) in [5.74, 6) is -2.37.